The zero-order chi connectivity index (χ0) is 7.12. The van der Waals surface area contributed by atoms with Crippen LogP contribution in [0.15, 0.2) is 0 Å². The highest BCUT2D eigenvalue weighted by Gasteiger charge is 2.60. The maximum absolute atomic E-state index is 8.97. The fourth-order valence-electron chi connectivity index (χ4n) is 1.35. The molecule has 54 valence electrons. The molecule has 1 atom stereocenters. The molecule has 1 N–H and O–H groups in total. The van der Waals surface area contributed by atoms with E-state index in [-0.39, 0.29) is 4.75 Å². The minimum atomic E-state index is 0.201. The summed E-state index contributed by atoms with van der Waals surface area (Å²) in [5.74, 6) is 0. The van der Waals surface area contributed by atoms with Crippen molar-refractivity contribution in [3.05, 3.63) is 0 Å². The molecule has 2 heteroatoms. The van der Waals surface area contributed by atoms with E-state index in [1.807, 2.05) is 0 Å². The van der Waals surface area contributed by atoms with Crippen LogP contribution < -0.4 is 0 Å². The van der Waals surface area contributed by atoms with Gasteiger partial charge in [0.2, 0.25) is 0 Å². The average molecular weight is 146 g/mol. The Labute approximate surface area is 60.8 Å². The molecule has 0 bridgehead atoms. The molecule has 1 aliphatic rings. The van der Waals surface area contributed by atoms with E-state index in [0.29, 0.717) is 12.0 Å². The van der Waals surface area contributed by atoms with Gasteiger partial charge in [-0.1, -0.05) is 13.8 Å². The Morgan fingerprint density at radius 2 is 2.00 bits per heavy atom. The van der Waals surface area contributed by atoms with Gasteiger partial charge in [-0.3, -0.25) is 0 Å². The zero-order valence-electron chi connectivity index (χ0n) is 6.27. The van der Waals surface area contributed by atoms with Gasteiger partial charge in [0, 0.05) is 4.75 Å². The van der Waals surface area contributed by atoms with Gasteiger partial charge in [-0.2, -0.15) is 11.8 Å². The fraction of sp³-hybridized carbons (Fsp3) is 1.00. The minimum absolute atomic E-state index is 0.201. The first kappa shape index (κ1) is 7.42. The monoisotopic (exact) mass is 146 g/mol. The second-order valence-electron chi connectivity index (χ2n) is 3.42. The van der Waals surface area contributed by atoms with Crippen LogP contribution >= 0.6 is 11.8 Å². The van der Waals surface area contributed by atoms with Gasteiger partial charge in [0.25, 0.3) is 0 Å². The van der Waals surface area contributed by atoms with E-state index in [2.05, 4.69) is 20.1 Å². The van der Waals surface area contributed by atoms with Gasteiger partial charge < -0.3 is 5.11 Å². The fourth-order valence-corrected chi connectivity index (χ4v) is 2.54. The molecule has 1 unspecified atom stereocenters. The molecule has 1 fully saturated rings. The quantitative estimate of drug-likeness (QED) is 0.637. The van der Waals surface area contributed by atoms with E-state index >= 15 is 0 Å². The van der Waals surface area contributed by atoms with Crippen LogP contribution in [0.1, 0.15) is 20.3 Å². The van der Waals surface area contributed by atoms with Crippen molar-refractivity contribution in [1.29, 1.82) is 0 Å². The Bertz CT molecular complexity index is 116. The highest BCUT2D eigenvalue weighted by atomic mass is 32.2. The molecule has 0 spiro atoms. The topological polar surface area (TPSA) is 20.2 Å². The van der Waals surface area contributed by atoms with Crippen molar-refractivity contribution >= 4 is 11.8 Å². The lowest BCUT2D eigenvalue weighted by Gasteiger charge is -2.13. The summed E-state index contributed by atoms with van der Waals surface area (Å²) in [4.78, 5) is 0. The van der Waals surface area contributed by atoms with Crippen molar-refractivity contribution < 1.29 is 5.11 Å². The van der Waals surface area contributed by atoms with E-state index in [1.54, 1.807) is 11.8 Å². The van der Waals surface area contributed by atoms with Gasteiger partial charge in [0.15, 0.2) is 0 Å². The Morgan fingerprint density at radius 1 is 1.56 bits per heavy atom. The van der Waals surface area contributed by atoms with Crippen LogP contribution in [0.25, 0.3) is 0 Å². The SMILES string of the molecule is CSC1(CO)CC1(C)C. The molecule has 1 aliphatic carbocycles. The second kappa shape index (κ2) is 1.89. The lowest BCUT2D eigenvalue weighted by atomic mass is 10.1. The summed E-state index contributed by atoms with van der Waals surface area (Å²) in [6.07, 6.45) is 3.24. The van der Waals surface area contributed by atoms with Crippen molar-refractivity contribution in [3.63, 3.8) is 0 Å². The van der Waals surface area contributed by atoms with E-state index in [9.17, 15) is 0 Å². The van der Waals surface area contributed by atoms with Crippen molar-refractivity contribution in [3.8, 4) is 0 Å². The average Bonchev–Trinajstić information content (AvgIpc) is 2.35. The van der Waals surface area contributed by atoms with Gasteiger partial charge in [0.1, 0.15) is 0 Å². The standard InChI is InChI=1S/C7H14OS/c1-6(2)4-7(6,5-8)9-3/h8H,4-5H2,1-3H3. The summed E-state index contributed by atoms with van der Waals surface area (Å²) < 4.78 is 0.201. The van der Waals surface area contributed by atoms with Gasteiger partial charge in [-0.25, -0.2) is 0 Å². The minimum Gasteiger partial charge on any atom is -0.395 e. The van der Waals surface area contributed by atoms with E-state index in [4.69, 9.17) is 5.11 Å². The molecule has 0 aromatic rings. The van der Waals surface area contributed by atoms with Crippen LogP contribution in [0.5, 0.6) is 0 Å². The van der Waals surface area contributed by atoms with Crippen LogP contribution in [-0.4, -0.2) is 22.7 Å². The van der Waals surface area contributed by atoms with Crippen molar-refractivity contribution in [2.24, 2.45) is 5.41 Å². The summed E-state index contributed by atoms with van der Waals surface area (Å²) in [5.41, 5.74) is 0.376. The number of hydrogen-bond donors (Lipinski definition) is 1. The highest BCUT2D eigenvalue weighted by Crippen LogP contribution is 2.62. The van der Waals surface area contributed by atoms with Crippen LogP contribution in [0.2, 0.25) is 0 Å². The van der Waals surface area contributed by atoms with Crippen LogP contribution in [0.3, 0.4) is 0 Å². The number of thioether (sulfide) groups is 1. The maximum atomic E-state index is 8.97. The van der Waals surface area contributed by atoms with E-state index in [1.165, 1.54) is 0 Å². The number of rotatable bonds is 2. The zero-order valence-corrected chi connectivity index (χ0v) is 7.09. The van der Waals surface area contributed by atoms with Gasteiger partial charge in [-0.05, 0) is 18.1 Å². The molecular formula is C7H14OS. The Morgan fingerprint density at radius 3 is 2.00 bits per heavy atom. The smallest absolute Gasteiger partial charge is 0.0583 e. The van der Waals surface area contributed by atoms with E-state index < -0.39 is 0 Å². The molecule has 1 nitrogen and oxygen atoms in total. The lowest BCUT2D eigenvalue weighted by Crippen LogP contribution is -2.16. The normalized spacial score (nSPS) is 38.7. The third kappa shape index (κ3) is 0.887. The summed E-state index contributed by atoms with van der Waals surface area (Å²) in [6.45, 7) is 4.75. The van der Waals surface area contributed by atoms with Crippen molar-refractivity contribution in [2.75, 3.05) is 12.9 Å². The lowest BCUT2D eigenvalue weighted by molar-refractivity contribution is 0.272. The third-order valence-electron chi connectivity index (χ3n) is 2.48. The molecule has 0 heterocycles. The molecule has 0 aromatic heterocycles. The van der Waals surface area contributed by atoms with E-state index in [0.717, 1.165) is 6.42 Å². The summed E-state index contributed by atoms with van der Waals surface area (Å²) >= 11 is 1.80. The predicted molar refractivity (Wildman–Crippen MR) is 41.7 cm³/mol. The third-order valence-corrected chi connectivity index (χ3v) is 4.09. The maximum Gasteiger partial charge on any atom is 0.0583 e. The Hall–Kier alpha value is 0.310. The van der Waals surface area contributed by atoms with Crippen molar-refractivity contribution in [1.82, 2.24) is 0 Å². The first-order chi connectivity index (χ1) is 4.08. The highest BCUT2D eigenvalue weighted by molar-refractivity contribution is 8.00. The molecule has 0 radical (unpaired) electrons. The van der Waals surface area contributed by atoms with Crippen molar-refractivity contribution in [2.45, 2.75) is 25.0 Å². The molecular weight excluding hydrogens is 132 g/mol. The van der Waals surface area contributed by atoms with Crippen LogP contribution in [-0.2, 0) is 0 Å². The number of aliphatic hydroxyl groups excluding tert-OH is 1. The van der Waals surface area contributed by atoms with Gasteiger partial charge in [-0.15, -0.1) is 0 Å². The molecule has 0 aliphatic heterocycles. The number of aliphatic hydroxyl groups is 1. The molecule has 9 heavy (non-hydrogen) atoms. The summed E-state index contributed by atoms with van der Waals surface area (Å²) in [7, 11) is 0. The molecule has 0 amide bonds. The van der Waals surface area contributed by atoms with Crippen LogP contribution in [0.4, 0.5) is 0 Å². The Balaban J connectivity index is 2.57. The predicted octanol–water partition coefficient (Wildman–Crippen LogP) is 1.51. The summed E-state index contributed by atoms with van der Waals surface area (Å²) in [6, 6.07) is 0. The summed E-state index contributed by atoms with van der Waals surface area (Å²) in [5, 5.41) is 8.97. The Kier molecular flexibility index (Phi) is 1.56. The molecule has 0 saturated heterocycles. The van der Waals surface area contributed by atoms with Gasteiger partial charge >= 0.3 is 0 Å². The molecule has 0 aromatic carbocycles. The first-order valence-electron chi connectivity index (χ1n) is 3.24. The number of hydrogen-bond acceptors (Lipinski definition) is 2. The second-order valence-corrected chi connectivity index (χ2v) is 4.61. The largest absolute Gasteiger partial charge is 0.395 e. The first-order valence-corrected chi connectivity index (χ1v) is 4.46. The van der Waals surface area contributed by atoms with Crippen LogP contribution in [0, 0.1) is 5.41 Å². The molecule has 1 saturated carbocycles. The molecule has 1 rings (SSSR count). The van der Waals surface area contributed by atoms with Gasteiger partial charge in [0.05, 0.1) is 6.61 Å².